The maximum atomic E-state index is 12.1. The molecule has 0 spiro atoms. The lowest BCUT2D eigenvalue weighted by Crippen LogP contribution is -2.25. The fourth-order valence-corrected chi connectivity index (χ4v) is 3.18. The number of hydrazone groups is 1. The second-order valence-corrected chi connectivity index (χ2v) is 7.03. The van der Waals surface area contributed by atoms with Gasteiger partial charge in [-0.25, -0.2) is 0 Å². The van der Waals surface area contributed by atoms with Crippen LogP contribution >= 0.6 is 11.6 Å². The number of carbonyl (C=O) groups excluding carboxylic acids is 1. The van der Waals surface area contributed by atoms with E-state index in [1.807, 2.05) is 66.7 Å². The number of hydrogen-bond acceptors (Lipinski definition) is 4. The average molecular weight is 407 g/mol. The summed E-state index contributed by atoms with van der Waals surface area (Å²) in [5, 5.41) is 6.25. The molecule has 0 saturated carbocycles. The first-order chi connectivity index (χ1) is 14.1. The van der Waals surface area contributed by atoms with Gasteiger partial charge in [0.05, 0.1) is 0 Å². The quantitative estimate of drug-likeness (QED) is 0.588. The van der Waals surface area contributed by atoms with Gasteiger partial charge in [-0.15, -0.1) is 5.10 Å². The van der Waals surface area contributed by atoms with Crippen LogP contribution in [0, 0.1) is 0 Å². The van der Waals surface area contributed by atoms with Crippen LogP contribution in [0.5, 0.6) is 5.75 Å². The van der Waals surface area contributed by atoms with Crippen molar-refractivity contribution in [1.82, 2.24) is 5.01 Å². The van der Waals surface area contributed by atoms with Crippen molar-refractivity contribution in [2.45, 2.75) is 19.8 Å². The van der Waals surface area contributed by atoms with E-state index in [1.54, 1.807) is 12.1 Å². The molecule has 0 fully saturated rings. The Labute approximate surface area is 174 Å². The molecule has 1 aliphatic rings. The lowest BCUT2D eigenvalue weighted by Gasteiger charge is -2.19. The van der Waals surface area contributed by atoms with Crippen molar-refractivity contribution in [1.29, 1.82) is 0 Å². The molecule has 0 unspecified atom stereocenters. The highest BCUT2D eigenvalue weighted by Gasteiger charge is 2.33. The van der Waals surface area contributed by atoms with Crippen molar-refractivity contribution in [3.05, 3.63) is 101 Å². The third kappa shape index (κ3) is 4.41. The van der Waals surface area contributed by atoms with Gasteiger partial charge >= 0.3 is 0 Å². The zero-order valence-corrected chi connectivity index (χ0v) is 16.5. The van der Waals surface area contributed by atoms with Gasteiger partial charge in [-0.3, -0.25) is 4.79 Å². The Morgan fingerprint density at radius 1 is 1.07 bits per heavy atom. The third-order valence-corrected chi connectivity index (χ3v) is 4.69. The highest BCUT2D eigenvalue weighted by molar-refractivity contribution is 6.31. The first-order valence-corrected chi connectivity index (χ1v) is 9.55. The fraction of sp³-hybridized carbons (Fsp3) is 0.130. The molecule has 0 aliphatic carbocycles. The molecule has 0 saturated heterocycles. The largest absolute Gasteiger partial charge is 0.489 e. The molecule has 0 aromatic heterocycles. The summed E-state index contributed by atoms with van der Waals surface area (Å²) in [6.07, 6.45) is -0.635. The Balaban J connectivity index is 1.49. The number of amides is 1. The number of carbonyl (C=O) groups is 1. The van der Waals surface area contributed by atoms with Gasteiger partial charge in [0.2, 0.25) is 18.0 Å². The summed E-state index contributed by atoms with van der Waals surface area (Å²) in [7, 11) is 0. The zero-order chi connectivity index (χ0) is 20.2. The van der Waals surface area contributed by atoms with Crippen molar-refractivity contribution < 1.29 is 14.3 Å². The highest BCUT2D eigenvalue weighted by atomic mass is 35.5. The van der Waals surface area contributed by atoms with E-state index in [1.165, 1.54) is 11.9 Å². The van der Waals surface area contributed by atoms with Crippen molar-refractivity contribution in [2.24, 2.45) is 5.10 Å². The van der Waals surface area contributed by atoms with Crippen molar-refractivity contribution in [2.75, 3.05) is 0 Å². The molecule has 1 heterocycles. The van der Waals surface area contributed by atoms with Gasteiger partial charge in [-0.2, -0.15) is 5.01 Å². The van der Waals surface area contributed by atoms with Crippen molar-refractivity contribution >= 4 is 23.4 Å². The van der Waals surface area contributed by atoms with E-state index in [9.17, 15) is 4.79 Å². The van der Waals surface area contributed by atoms with Gasteiger partial charge in [-0.05, 0) is 48.0 Å². The molecule has 1 amide bonds. The maximum absolute atomic E-state index is 12.1. The fourth-order valence-electron chi connectivity index (χ4n) is 2.99. The minimum atomic E-state index is -0.635. The molecule has 1 aliphatic heterocycles. The first kappa shape index (κ1) is 19.0. The smallest absolute Gasteiger partial charge is 0.243 e. The van der Waals surface area contributed by atoms with Gasteiger partial charge in [0.15, 0.2) is 0 Å². The van der Waals surface area contributed by atoms with Crippen molar-refractivity contribution in [3.63, 3.8) is 0 Å². The van der Waals surface area contributed by atoms with Crippen LogP contribution in [-0.4, -0.2) is 16.8 Å². The topological polar surface area (TPSA) is 51.1 Å². The van der Waals surface area contributed by atoms with Crippen LogP contribution in [-0.2, 0) is 16.1 Å². The van der Waals surface area contributed by atoms with Gasteiger partial charge < -0.3 is 9.47 Å². The van der Waals surface area contributed by atoms with Crippen LogP contribution in [0.25, 0.3) is 0 Å². The van der Waals surface area contributed by atoms with E-state index in [0.717, 1.165) is 16.9 Å². The normalized spacial score (nSPS) is 15.6. The van der Waals surface area contributed by atoms with Crippen LogP contribution in [0.2, 0.25) is 5.02 Å². The van der Waals surface area contributed by atoms with Gasteiger partial charge in [-0.1, -0.05) is 48.0 Å². The summed E-state index contributed by atoms with van der Waals surface area (Å²) in [5.74, 6) is 0.884. The number of benzene rings is 3. The second-order valence-electron chi connectivity index (χ2n) is 6.59. The molecule has 0 bridgehead atoms. The van der Waals surface area contributed by atoms with E-state index in [-0.39, 0.29) is 5.91 Å². The Morgan fingerprint density at radius 2 is 1.83 bits per heavy atom. The SMILES string of the molecule is CC(=O)N1N=C(c2cccc(Cl)c2)O[C@H]1c1ccc(OCc2ccccc2)cc1. The number of hydrogen-bond donors (Lipinski definition) is 0. The van der Waals surface area contributed by atoms with Crippen LogP contribution in [0.4, 0.5) is 0 Å². The zero-order valence-electron chi connectivity index (χ0n) is 15.8. The summed E-state index contributed by atoms with van der Waals surface area (Å²) in [5.41, 5.74) is 2.61. The Kier molecular flexibility index (Phi) is 5.49. The van der Waals surface area contributed by atoms with Crippen LogP contribution in [0.3, 0.4) is 0 Å². The molecule has 1 atom stereocenters. The summed E-state index contributed by atoms with van der Waals surface area (Å²) < 4.78 is 11.8. The Bertz CT molecular complexity index is 1040. The molecule has 3 aromatic rings. The predicted octanol–water partition coefficient (Wildman–Crippen LogP) is 5.16. The highest BCUT2D eigenvalue weighted by Crippen LogP contribution is 2.31. The molecular weight excluding hydrogens is 388 g/mol. The van der Waals surface area contributed by atoms with E-state index >= 15 is 0 Å². The summed E-state index contributed by atoms with van der Waals surface area (Å²) in [4.78, 5) is 12.1. The van der Waals surface area contributed by atoms with E-state index < -0.39 is 6.23 Å². The maximum Gasteiger partial charge on any atom is 0.243 e. The molecule has 5 nitrogen and oxygen atoms in total. The number of rotatable bonds is 5. The molecule has 146 valence electrons. The molecule has 6 heteroatoms. The third-order valence-electron chi connectivity index (χ3n) is 4.45. The minimum absolute atomic E-state index is 0.212. The van der Waals surface area contributed by atoms with E-state index in [2.05, 4.69) is 5.10 Å². The van der Waals surface area contributed by atoms with Crippen molar-refractivity contribution in [3.8, 4) is 5.75 Å². The van der Waals surface area contributed by atoms with Crippen LogP contribution in [0.1, 0.15) is 29.8 Å². The number of nitrogens with zero attached hydrogens (tertiary/aromatic N) is 2. The average Bonchev–Trinajstić information content (AvgIpc) is 3.19. The summed E-state index contributed by atoms with van der Waals surface area (Å²) >= 11 is 6.06. The summed E-state index contributed by atoms with van der Waals surface area (Å²) in [6, 6.07) is 24.6. The van der Waals surface area contributed by atoms with Gasteiger partial charge in [0, 0.05) is 23.1 Å². The lowest BCUT2D eigenvalue weighted by molar-refractivity contribution is -0.135. The molecule has 3 aromatic carbocycles. The molecule has 29 heavy (non-hydrogen) atoms. The lowest BCUT2D eigenvalue weighted by atomic mass is 10.2. The number of ether oxygens (including phenoxy) is 2. The van der Waals surface area contributed by atoms with Crippen LogP contribution in [0.15, 0.2) is 84.0 Å². The minimum Gasteiger partial charge on any atom is -0.489 e. The van der Waals surface area contributed by atoms with Crippen LogP contribution < -0.4 is 4.74 Å². The molecule has 4 rings (SSSR count). The Hall–Kier alpha value is -3.31. The van der Waals surface area contributed by atoms with E-state index in [4.69, 9.17) is 21.1 Å². The molecule has 0 N–H and O–H groups in total. The predicted molar refractivity (Wildman–Crippen MR) is 112 cm³/mol. The van der Waals surface area contributed by atoms with Gasteiger partial charge in [0.25, 0.3) is 0 Å². The molecular formula is C23H19ClN2O3. The Morgan fingerprint density at radius 3 is 2.52 bits per heavy atom. The molecule has 0 radical (unpaired) electrons. The standard InChI is InChI=1S/C23H19ClN2O3/c1-16(27)26-23(29-22(25-26)19-8-5-9-20(24)14-19)18-10-12-21(13-11-18)28-15-17-6-3-2-4-7-17/h2-14,23H,15H2,1H3/t23-/m0/s1. The monoisotopic (exact) mass is 406 g/mol. The summed E-state index contributed by atoms with van der Waals surface area (Å²) in [6.45, 7) is 1.94. The van der Waals surface area contributed by atoms with Gasteiger partial charge in [0.1, 0.15) is 12.4 Å². The second kappa shape index (κ2) is 8.37. The first-order valence-electron chi connectivity index (χ1n) is 9.18. The van der Waals surface area contributed by atoms with E-state index in [0.29, 0.717) is 23.1 Å². The number of halogens is 1.